The number of hydrogen-bond donors (Lipinski definition) is 2. The largest absolute Gasteiger partial charge is 0.370 e. The first kappa shape index (κ1) is 12.4. The number of nitrogens with two attached hydrogens (primary N) is 1. The highest BCUT2D eigenvalue weighted by atomic mass is 19.1. The Kier molecular flexibility index (Phi) is 4.16. The normalized spacial score (nSPS) is 11.6. The Labute approximate surface area is 91.2 Å². The lowest BCUT2D eigenvalue weighted by molar-refractivity contribution is 0.549. The summed E-state index contributed by atoms with van der Waals surface area (Å²) in [4.78, 5) is 3.80. The molecule has 0 aromatic heterocycles. The molecule has 6 heteroatoms. The summed E-state index contributed by atoms with van der Waals surface area (Å²) in [5.74, 6) is -3.19. The lowest BCUT2D eigenvalue weighted by Crippen LogP contribution is -2.24. The predicted molar refractivity (Wildman–Crippen MR) is 56.7 cm³/mol. The second kappa shape index (κ2) is 5.39. The van der Waals surface area contributed by atoms with E-state index in [4.69, 9.17) is 5.73 Å². The average molecular weight is 231 g/mol. The molecule has 1 aromatic rings. The Morgan fingerprint density at radius 2 is 1.88 bits per heavy atom. The minimum atomic E-state index is -1.05. The summed E-state index contributed by atoms with van der Waals surface area (Å²) in [5, 5.41) is 2.25. The van der Waals surface area contributed by atoms with E-state index < -0.39 is 23.1 Å². The first-order valence-electron chi connectivity index (χ1n) is 4.76. The van der Waals surface area contributed by atoms with Gasteiger partial charge in [-0.1, -0.05) is 6.92 Å². The maximum Gasteiger partial charge on any atom is 0.193 e. The number of aliphatic imine (C=N–C) groups is 1. The molecular weight excluding hydrogens is 219 g/mol. The molecule has 0 spiro atoms. The molecule has 0 unspecified atom stereocenters. The van der Waals surface area contributed by atoms with Crippen LogP contribution >= 0.6 is 0 Å². The highest BCUT2D eigenvalue weighted by Gasteiger charge is 2.11. The highest BCUT2D eigenvalue weighted by Crippen LogP contribution is 2.19. The van der Waals surface area contributed by atoms with Crippen LogP contribution in [0.3, 0.4) is 0 Å². The molecule has 1 aromatic carbocycles. The third-order valence-corrected chi connectivity index (χ3v) is 1.77. The molecule has 0 fully saturated rings. The van der Waals surface area contributed by atoms with Crippen LogP contribution in [0.4, 0.5) is 18.9 Å². The molecule has 3 N–H and O–H groups in total. The Morgan fingerprint density at radius 3 is 2.38 bits per heavy atom. The van der Waals surface area contributed by atoms with Crippen molar-refractivity contribution in [2.24, 2.45) is 10.7 Å². The second-order valence-electron chi connectivity index (χ2n) is 3.14. The van der Waals surface area contributed by atoms with Crippen molar-refractivity contribution in [3.8, 4) is 0 Å². The zero-order valence-electron chi connectivity index (χ0n) is 8.73. The monoisotopic (exact) mass is 231 g/mol. The SMILES string of the molecule is CCCN=C(N)Nc1c(F)cc(F)cc1F. The number of halogens is 3. The van der Waals surface area contributed by atoms with E-state index in [1.165, 1.54) is 0 Å². The molecule has 0 aliphatic rings. The highest BCUT2D eigenvalue weighted by molar-refractivity contribution is 5.92. The van der Waals surface area contributed by atoms with Crippen LogP contribution < -0.4 is 11.1 Å². The van der Waals surface area contributed by atoms with Crippen LogP contribution in [0.5, 0.6) is 0 Å². The maximum atomic E-state index is 13.1. The molecule has 88 valence electrons. The number of anilines is 1. The standard InChI is InChI=1S/C10H12F3N3/c1-2-3-15-10(14)16-9-7(12)4-6(11)5-8(9)13/h4-5H,2-3H2,1H3,(H3,14,15,16). The van der Waals surface area contributed by atoms with Crippen molar-refractivity contribution < 1.29 is 13.2 Å². The van der Waals surface area contributed by atoms with Crippen molar-refractivity contribution >= 4 is 11.6 Å². The molecule has 0 heterocycles. The van der Waals surface area contributed by atoms with Crippen LogP contribution in [0.2, 0.25) is 0 Å². The molecule has 0 aliphatic carbocycles. The van der Waals surface area contributed by atoms with Gasteiger partial charge in [0.2, 0.25) is 0 Å². The zero-order chi connectivity index (χ0) is 12.1. The Morgan fingerprint density at radius 1 is 1.31 bits per heavy atom. The fraction of sp³-hybridized carbons (Fsp3) is 0.300. The van der Waals surface area contributed by atoms with E-state index in [9.17, 15) is 13.2 Å². The number of benzene rings is 1. The third-order valence-electron chi connectivity index (χ3n) is 1.77. The number of nitrogens with one attached hydrogen (secondary N) is 1. The van der Waals surface area contributed by atoms with E-state index in [2.05, 4.69) is 10.3 Å². The number of hydrogen-bond acceptors (Lipinski definition) is 1. The molecule has 0 amide bonds. The van der Waals surface area contributed by atoms with Crippen LogP contribution in [0.15, 0.2) is 17.1 Å². The minimum absolute atomic E-state index is 0.105. The van der Waals surface area contributed by atoms with Gasteiger partial charge in [-0.2, -0.15) is 0 Å². The van der Waals surface area contributed by atoms with E-state index in [0.717, 1.165) is 6.42 Å². The molecule has 0 bridgehead atoms. The number of guanidine groups is 1. The Hall–Kier alpha value is -1.72. The van der Waals surface area contributed by atoms with E-state index in [0.29, 0.717) is 18.7 Å². The fourth-order valence-electron chi connectivity index (χ4n) is 1.06. The molecule has 0 atom stereocenters. The molecule has 16 heavy (non-hydrogen) atoms. The van der Waals surface area contributed by atoms with Crippen LogP contribution in [-0.4, -0.2) is 12.5 Å². The minimum Gasteiger partial charge on any atom is -0.370 e. The predicted octanol–water partition coefficient (Wildman–Crippen LogP) is 2.24. The van der Waals surface area contributed by atoms with Gasteiger partial charge in [-0.25, -0.2) is 13.2 Å². The van der Waals surface area contributed by atoms with Crippen LogP contribution in [0.25, 0.3) is 0 Å². The van der Waals surface area contributed by atoms with Gasteiger partial charge in [0.1, 0.15) is 11.5 Å². The summed E-state index contributed by atoms with van der Waals surface area (Å²) in [5.41, 5.74) is 4.88. The quantitative estimate of drug-likeness (QED) is 0.619. The lowest BCUT2D eigenvalue weighted by Gasteiger charge is -2.07. The first-order chi connectivity index (χ1) is 7.54. The van der Waals surface area contributed by atoms with Gasteiger partial charge < -0.3 is 11.1 Å². The van der Waals surface area contributed by atoms with Gasteiger partial charge in [-0.3, -0.25) is 4.99 Å². The molecule has 0 saturated carbocycles. The molecule has 0 radical (unpaired) electrons. The van der Waals surface area contributed by atoms with Crippen molar-refractivity contribution in [1.29, 1.82) is 0 Å². The van der Waals surface area contributed by atoms with Gasteiger partial charge in [0.25, 0.3) is 0 Å². The Bertz CT molecular complexity index is 381. The van der Waals surface area contributed by atoms with E-state index in [1.54, 1.807) is 0 Å². The molecule has 1 rings (SSSR count). The Balaban J connectivity index is 2.89. The average Bonchev–Trinajstić information content (AvgIpc) is 2.20. The van der Waals surface area contributed by atoms with Gasteiger partial charge in [0.15, 0.2) is 17.6 Å². The lowest BCUT2D eigenvalue weighted by atomic mass is 10.3. The molecular formula is C10H12F3N3. The summed E-state index contributed by atoms with van der Waals surface area (Å²) in [6, 6.07) is 1.14. The summed E-state index contributed by atoms with van der Waals surface area (Å²) in [7, 11) is 0. The molecule has 3 nitrogen and oxygen atoms in total. The van der Waals surface area contributed by atoms with Gasteiger partial charge >= 0.3 is 0 Å². The molecule has 0 saturated heterocycles. The van der Waals surface area contributed by atoms with Gasteiger partial charge in [0, 0.05) is 18.7 Å². The summed E-state index contributed by atoms with van der Waals surface area (Å²) >= 11 is 0. The van der Waals surface area contributed by atoms with Crippen LogP contribution in [0.1, 0.15) is 13.3 Å². The van der Waals surface area contributed by atoms with Crippen molar-refractivity contribution in [3.05, 3.63) is 29.6 Å². The smallest absolute Gasteiger partial charge is 0.193 e. The van der Waals surface area contributed by atoms with Crippen molar-refractivity contribution in [2.45, 2.75) is 13.3 Å². The third kappa shape index (κ3) is 3.15. The van der Waals surface area contributed by atoms with Gasteiger partial charge in [0.05, 0.1) is 0 Å². The topological polar surface area (TPSA) is 50.4 Å². The fourth-order valence-corrected chi connectivity index (χ4v) is 1.06. The van der Waals surface area contributed by atoms with E-state index >= 15 is 0 Å². The van der Waals surface area contributed by atoms with Crippen LogP contribution in [-0.2, 0) is 0 Å². The summed E-state index contributed by atoms with van der Waals surface area (Å²) in [6.45, 7) is 2.33. The van der Waals surface area contributed by atoms with Crippen molar-refractivity contribution in [3.63, 3.8) is 0 Å². The first-order valence-corrected chi connectivity index (χ1v) is 4.76. The maximum absolute atomic E-state index is 13.1. The number of rotatable bonds is 3. The van der Waals surface area contributed by atoms with Crippen molar-refractivity contribution in [1.82, 2.24) is 0 Å². The van der Waals surface area contributed by atoms with Crippen molar-refractivity contribution in [2.75, 3.05) is 11.9 Å². The van der Waals surface area contributed by atoms with Gasteiger partial charge in [-0.15, -0.1) is 0 Å². The van der Waals surface area contributed by atoms with E-state index in [-0.39, 0.29) is 5.96 Å². The van der Waals surface area contributed by atoms with Crippen LogP contribution in [0, 0.1) is 17.5 Å². The zero-order valence-corrected chi connectivity index (χ0v) is 8.73. The van der Waals surface area contributed by atoms with E-state index in [1.807, 2.05) is 6.92 Å². The second-order valence-corrected chi connectivity index (χ2v) is 3.14. The summed E-state index contributed by atoms with van der Waals surface area (Å²) < 4.78 is 38.9. The van der Waals surface area contributed by atoms with Gasteiger partial charge in [-0.05, 0) is 6.42 Å². The summed E-state index contributed by atoms with van der Waals surface area (Å²) in [6.07, 6.45) is 0.761. The number of nitrogens with zero attached hydrogens (tertiary/aromatic N) is 1. The molecule has 0 aliphatic heterocycles.